The molecular weight excluding hydrogens is 320 g/mol. The normalized spacial score (nSPS) is 12.2. The van der Waals surface area contributed by atoms with E-state index in [9.17, 15) is 4.79 Å². The molecule has 0 bridgehead atoms. The van der Waals surface area contributed by atoms with E-state index in [-0.39, 0.29) is 5.97 Å². The summed E-state index contributed by atoms with van der Waals surface area (Å²) in [4.78, 5) is 20.2. The summed E-state index contributed by atoms with van der Waals surface area (Å²) in [7, 11) is 1.58. The summed E-state index contributed by atoms with van der Waals surface area (Å²) >= 11 is 0. The first-order chi connectivity index (χ1) is 12.3. The second kappa shape index (κ2) is 8.34. The van der Waals surface area contributed by atoms with Crippen molar-refractivity contribution in [3.8, 4) is 0 Å². The molecule has 2 heterocycles. The highest BCUT2D eigenvalue weighted by Crippen LogP contribution is 2.19. The number of rotatable bonds is 8. The molecule has 3 rings (SSSR count). The highest BCUT2D eigenvalue weighted by Gasteiger charge is 2.16. The summed E-state index contributed by atoms with van der Waals surface area (Å²) in [6.07, 6.45) is 7.14. The number of methoxy groups -OCH3 is 1. The first kappa shape index (κ1) is 17.0. The topological polar surface area (TPSA) is 79.1 Å². The van der Waals surface area contributed by atoms with Gasteiger partial charge in [0, 0.05) is 31.3 Å². The predicted molar refractivity (Wildman–Crippen MR) is 91.8 cm³/mol. The molecule has 0 spiro atoms. The molecule has 25 heavy (non-hydrogen) atoms. The van der Waals surface area contributed by atoms with Crippen LogP contribution in [-0.2, 0) is 27.2 Å². The number of carbonyl (C=O) groups is 1. The number of carbonyl (C=O) groups excluding carboxylic acids is 1. The lowest BCUT2D eigenvalue weighted by molar-refractivity contribution is -0.152. The average molecular weight is 340 g/mol. The zero-order valence-electron chi connectivity index (χ0n) is 14.0. The molecule has 130 valence electrons. The molecule has 1 unspecified atom stereocenters. The lowest BCUT2D eigenvalue weighted by atomic mass is 10.0. The minimum Gasteiger partial charge on any atom is -0.458 e. The van der Waals surface area contributed by atoms with Crippen molar-refractivity contribution in [1.82, 2.24) is 19.7 Å². The van der Waals surface area contributed by atoms with Crippen molar-refractivity contribution in [3.05, 3.63) is 54.9 Å². The maximum atomic E-state index is 12.2. The van der Waals surface area contributed by atoms with Crippen LogP contribution in [0.15, 0.2) is 49.3 Å². The maximum Gasteiger partial charge on any atom is 0.306 e. The molecule has 1 aromatic carbocycles. The number of pyridine rings is 1. The number of hydrogen-bond donors (Lipinski definition) is 0. The lowest BCUT2D eigenvalue weighted by Crippen LogP contribution is -2.28. The van der Waals surface area contributed by atoms with E-state index in [0.717, 1.165) is 16.3 Å². The summed E-state index contributed by atoms with van der Waals surface area (Å²) < 4.78 is 12.3. The van der Waals surface area contributed by atoms with Crippen molar-refractivity contribution in [2.24, 2.45) is 0 Å². The Bertz CT molecular complexity index is 815. The van der Waals surface area contributed by atoms with Crippen molar-refractivity contribution in [3.63, 3.8) is 0 Å². The molecule has 0 aliphatic heterocycles. The van der Waals surface area contributed by atoms with Gasteiger partial charge < -0.3 is 9.47 Å². The second-order valence-corrected chi connectivity index (χ2v) is 5.70. The average Bonchev–Trinajstić information content (AvgIpc) is 3.13. The van der Waals surface area contributed by atoms with Crippen LogP contribution in [0.2, 0.25) is 0 Å². The maximum absolute atomic E-state index is 12.2. The number of nitrogens with zero attached hydrogens (tertiary/aromatic N) is 4. The Morgan fingerprint density at radius 3 is 3.00 bits per heavy atom. The van der Waals surface area contributed by atoms with E-state index in [0.29, 0.717) is 26.0 Å². The van der Waals surface area contributed by atoms with Crippen molar-refractivity contribution >= 4 is 16.7 Å². The molecule has 0 fully saturated rings. The Balaban J connectivity index is 1.59. The molecule has 1 atom stereocenters. The first-order valence-electron chi connectivity index (χ1n) is 8.08. The van der Waals surface area contributed by atoms with Gasteiger partial charge in [-0.1, -0.05) is 18.2 Å². The highest BCUT2D eigenvalue weighted by molar-refractivity contribution is 5.85. The standard InChI is InChI=1S/C18H20N4O3/c1-24-11-16(10-22-13-20-12-21-22)25-18(23)6-5-14-3-2-4-15-9-19-8-7-17(14)15/h2-4,7-9,12-13,16H,5-6,10-11H2,1H3. The molecule has 0 saturated heterocycles. The Morgan fingerprint density at radius 1 is 1.28 bits per heavy atom. The summed E-state index contributed by atoms with van der Waals surface area (Å²) in [5.41, 5.74) is 1.11. The minimum absolute atomic E-state index is 0.256. The smallest absolute Gasteiger partial charge is 0.306 e. The van der Waals surface area contributed by atoms with Crippen molar-refractivity contribution in [2.75, 3.05) is 13.7 Å². The minimum atomic E-state index is -0.393. The third-order valence-corrected chi connectivity index (χ3v) is 3.88. The van der Waals surface area contributed by atoms with Crippen LogP contribution in [0.3, 0.4) is 0 Å². The van der Waals surface area contributed by atoms with Crippen LogP contribution in [0, 0.1) is 0 Å². The molecule has 0 aliphatic rings. The van der Waals surface area contributed by atoms with Gasteiger partial charge in [-0.3, -0.25) is 9.78 Å². The van der Waals surface area contributed by atoms with E-state index in [1.165, 1.54) is 6.33 Å². The molecule has 0 amide bonds. The van der Waals surface area contributed by atoms with Gasteiger partial charge in [0.1, 0.15) is 18.8 Å². The van der Waals surface area contributed by atoms with Crippen LogP contribution in [0.4, 0.5) is 0 Å². The Labute approximate surface area is 145 Å². The fourth-order valence-electron chi connectivity index (χ4n) is 2.73. The van der Waals surface area contributed by atoms with Gasteiger partial charge >= 0.3 is 5.97 Å². The number of benzene rings is 1. The molecule has 0 saturated carbocycles. The van der Waals surface area contributed by atoms with E-state index < -0.39 is 6.10 Å². The van der Waals surface area contributed by atoms with E-state index in [4.69, 9.17) is 9.47 Å². The van der Waals surface area contributed by atoms with E-state index >= 15 is 0 Å². The third-order valence-electron chi connectivity index (χ3n) is 3.88. The first-order valence-corrected chi connectivity index (χ1v) is 8.08. The Kier molecular flexibility index (Phi) is 5.69. The zero-order chi connectivity index (χ0) is 17.5. The molecule has 0 N–H and O–H groups in total. The molecular formula is C18H20N4O3. The fourth-order valence-corrected chi connectivity index (χ4v) is 2.73. The highest BCUT2D eigenvalue weighted by atomic mass is 16.6. The molecule has 2 aromatic heterocycles. The number of fused-ring (bicyclic) bond motifs is 1. The van der Waals surface area contributed by atoms with Crippen molar-refractivity contribution in [2.45, 2.75) is 25.5 Å². The number of aromatic nitrogens is 4. The largest absolute Gasteiger partial charge is 0.458 e. The fraction of sp³-hybridized carbons (Fsp3) is 0.333. The van der Waals surface area contributed by atoms with Gasteiger partial charge in [-0.25, -0.2) is 9.67 Å². The molecule has 7 heteroatoms. The van der Waals surface area contributed by atoms with Crippen molar-refractivity contribution in [1.29, 1.82) is 0 Å². The number of hydrogen-bond acceptors (Lipinski definition) is 6. The van der Waals surface area contributed by atoms with Crippen LogP contribution < -0.4 is 0 Å². The van der Waals surface area contributed by atoms with Gasteiger partial charge in [-0.05, 0) is 23.4 Å². The lowest BCUT2D eigenvalue weighted by Gasteiger charge is -2.17. The Morgan fingerprint density at radius 2 is 2.20 bits per heavy atom. The molecule has 0 radical (unpaired) electrons. The van der Waals surface area contributed by atoms with Crippen LogP contribution in [0.5, 0.6) is 0 Å². The van der Waals surface area contributed by atoms with Crippen LogP contribution in [0.25, 0.3) is 10.8 Å². The summed E-state index contributed by atoms with van der Waals surface area (Å²) in [5.74, 6) is -0.256. The van der Waals surface area contributed by atoms with Gasteiger partial charge in [0.2, 0.25) is 0 Å². The summed E-state index contributed by atoms with van der Waals surface area (Å²) in [5, 5.41) is 6.20. The zero-order valence-corrected chi connectivity index (χ0v) is 14.0. The quantitative estimate of drug-likeness (QED) is 0.584. The number of ether oxygens (including phenoxy) is 2. The number of aryl methyl sites for hydroxylation is 1. The monoisotopic (exact) mass is 340 g/mol. The summed E-state index contributed by atoms with van der Waals surface area (Å²) in [6.45, 7) is 0.727. The Hall–Kier alpha value is -2.80. The van der Waals surface area contributed by atoms with Gasteiger partial charge in [0.15, 0.2) is 0 Å². The SMILES string of the molecule is COCC(Cn1cncn1)OC(=O)CCc1cccc2cnccc12. The van der Waals surface area contributed by atoms with E-state index in [1.54, 1.807) is 24.3 Å². The molecule has 7 nitrogen and oxygen atoms in total. The second-order valence-electron chi connectivity index (χ2n) is 5.70. The molecule has 3 aromatic rings. The predicted octanol–water partition coefficient (Wildman–Crippen LogP) is 2.02. The van der Waals surface area contributed by atoms with E-state index in [1.807, 2.05) is 30.5 Å². The van der Waals surface area contributed by atoms with Crippen LogP contribution in [-0.4, -0.2) is 45.5 Å². The van der Waals surface area contributed by atoms with Crippen LogP contribution in [0.1, 0.15) is 12.0 Å². The molecule has 0 aliphatic carbocycles. The van der Waals surface area contributed by atoms with Gasteiger partial charge in [0.25, 0.3) is 0 Å². The van der Waals surface area contributed by atoms with Gasteiger partial charge in [-0.15, -0.1) is 0 Å². The summed E-state index contributed by atoms with van der Waals surface area (Å²) in [6, 6.07) is 7.98. The van der Waals surface area contributed by atoms with Gasteiger partial charge in [0.05, 0.1) is 13.2 Å². The van der Waals surface area contributed by atoms with Crippen LogP contribution >= 0.6 is 0 Å². The number of esters is 1. The van der Waals surface area contributed by atoms with Crippen molar-refractivity contribution < 1.29 is 14.3 Å². The third kappa shape index (κ3) is 4.60. The van der Waals surface area contributed by atoms with E-state index in [2.05, 4.69) is 15.1 Å². The van der Waals surface area contributed by atoms with Gasteiger partial charge in [-0.2, -0.15) is 5.10 Å².